The van der Waals surface area contributed by atoms with Gasteiger partial charge in [-0.3, -0.25) is 14.3 Å². The summed E-state index contributed by atoms with van der Waals surface area (Å²) in [5.74, 6) is -3.08. The molecule has 2 aliphatic heterocycles. The molecule has 0 spiro atoms. The normalized spacial score (nSPS) is 17.5. The van der Waals surface area contributed by atoms with E-state index in [1.165, 1.54) is 23.1 Å². The molecule has 6 rings (SSSR count). The number of halogens is 3. The Kier molecular flexibility index (Phi) is 7.32. The van der Waals surface area contributed by atoms with Crippen LogP contribution in [0.1, 0.15) is 31.0 Å². The maximum Gasteiger partial charge on any atom is 0.354 e. The van der Waals surface area contributed by atoms with Gasteiger partial charge in [0.05, 0.1) is 44.0 Å². The maximum absolute atomic E-state index is 17.2. The van der Waals surface area contributed by atoms with Crippen molar-refractivity contribution in [1.29, 1.82) is 0 Å². The van der Waals surface area contributed by atoms with Gasteiger partial charge in [0.2, 0.25) is 5.91 Å². The van der Waals surface area contributed by atoms with Gasteiger partial charge in [-0.2, -0.15) is 4.98 Å². The molecule has 2 aromatic heterocycles. The predicted octanol–water partition coefficient (Wildman–Crippen LogP) is 4.80. The first-order chi connectivity index (χ1) is 20.9. The summed E-state index contributed by atoms with van der Waals surface area (Å²) in [6.45, 7) is 9.25. The van der Waals surface area contributed by atoms with Gasteiger partial charge in [0, 0.05) is 37.0 Å². The Morgan fingerprint density at radius 2 is 1.91 bits per heavy atom. The van der Waals surface area contributed by atoms with Crippen LogP contribution in [-0.4, -0.2) is 65.2 Å². The molecule has 9 nitrogen and oxygen atoms in total. The predicted molar refractivity (Wildman–Crippen MR) is 164 cm³/mol. The van der Waals surface area contributed by atoms with Gasteiger partial charge in [0.25, 0.3) is 0 Å². The number of aromatic nitrogens is 3. The van der Waals surface area contributed by atoms with Gasteiger partial charge in [-0.05, 0) is 36.6 Å². The zero-order chi connectivity index (χ0) is 31.7. The highest BCUT2D eigenvalue weighted by molar-refractivity contribution is 7.91. The van der Waals surface area contributed by atoms with E-state index in [1.807, 2.05) is 13.8 Å². The van der Waals surface area contributed by atoms with Crippen LogP contribution in [0.15, 0.2) is 58.9 Å². The number of sulfone groups is 1. The molecule has 0 bridgehead atoms. The zero-order valence-corrected chi connectivity index (χ0v) is 25.7. The minimum atomic E-state index is -4.35. The second-order valence-electron chi connectivity index (χ2n) is 11.2. The SMILES string of the molecule is C=CC(=O)N1CCN2c3nc(=O)n(-c4c(C)ccnc4C(C)C)c4c(F)c(-c5ccccc5F)c(Cl)c(c34)S(=O)(=O)CC2C1. The molecule has 0 N–H and O–H groups in total. The summed E-state index contributed by atoms with van der Waals surface area (Å²) in [5, 5.41) is -0.699. The van der Waals surface area contributed by atoms with Gasteiger partial charge in [-0.25, -0.2) is 22.0 Å². The average molecular weight is 640 g/mol. The van der Waals surface area contributed by atoms with Crippen LogP contribution in [0.3, 0.4) is 0 Å². The summed E-state index contributed by atoms with van der Waals surface area (Å²) >= 11 is 6.80. The quantitative estimate of drug-likeness (QED) is 0.233. The molecule has 44 heavy (non-hydrogen) atoms. The first-order valence-corrected chi connectivity index (χ1v) is 16.0. The highest BCUT2D eigenvalue weighted by Gasteiger charge is 2.43. The zero-order valence-electron chi connectivity index (χ0n) is 24.1. The molecule has 1 saturated heterocycles. The van der Waals surface area contributed by atoms with Crippen molar-refractivity contribution in [2.24, 2.45) is 0 Å². The monoisotopic (exact) mass is 639 g/mol. The Hall–Kier alpha value is -4.16. The number of piperazine rings is 1. The molecule has 0 radical (unpaired) electrons. The van der Waals surface area contributed by atoms with Gasteiger partial charge in [0.15, 0.2) is 15.7 Å². The lowest BCUT2D eigenvalue weighted by atomic mass is 10.00. The van der Waals surface area contributed by atoms with Crippen molar-refractivity contribution in [2.75, 3.05) is 30.3 Å². The van der Waals surface area contributed by atoms with Crippen LogP contribution in [0, 0.1) is 18.6 Å². The number of aryl methyl sites for hydroxylation is 1. The number of pyridine rings is 1. The number of nitrogens with zero attached hydrogens (tertiary/aromatic N) is 5. The number of rotatable bonds is 4. The Balaban J connectivity index is 1.82. The fourth-order valence-corrected chi connectivity index (χ4v) is 8.66. The van der Waals surface area contributed by atoms with Crippen molar-refractivity contribution in [3.05, 3.63) is 87.6 Å². The lowest BCUT2D eigenvalue weighted by Gasteiger charge is -2.41. The topological polar surface area (TPSA) is 105 Å². The van der Waals surface area contributed by atoms with Crippen LogP contribution in [0.25, 0.3) is 27.7 Å². The first kappa shape index (κ1) is 29.9. The Morgan fingerprint density at radius 3 is 2.59 bits per heavy atom. The van der Waals surface area contributed by atoms with E-state index in [9.17, 15) is 18.0 Å². The van der Waals surface area contributed by atoms with Crippen LogP contribution in [0.2, 0.25) is 5.02 Å². The average Bonchev–Trinajstić information content (AvgIpc) is 3.07. The molecule has 4 heterocycles. The van der Waals surface area contributed by atoms with E-state index >= 15 is 8.78 Å². The molecular formula is C31H28ClF2N5O4S. The fourth-order valence-electron chi connectivity index (χ4n) is 6.20. The number of anilines is 1. The van der Waals surface area contributed by atoms with Crippen molar-refractivity contribution < 1.29 is 22.0 Å². The van der Waals surface area contributed by atoms with Gasteiger partial charge in [-0.15, -0.1) is 0 Å². The van der Waals surface area contributed by atoms with Crippen LogP contribution in [0.4, 0.5) is 14.6 Å². The molecule has 1 atom stereocenters. The number of carbonyl (C=O) groups excluding carboxylic acids is 1. The molecule has 228 valence electrons. The van der Waals surface area contributed by atoms with Crippen LogP contribution < -0.4 is 10.6 Å². The van der Waals surface area contributed by atoms with Crippen molar-refractivity contribution >= 4 is 44.1 Å². The summed E-state index contributed by atoms with van der Waals surface area (Å²) < 4.78 is 62.0. The minimum absolute atomic E-state index is 0.0101. The van der Waals surface area contributed by atoms with Crippen LogP contribution >= 0.6 is 11.6 Å². The third-order valence-corrected chi connectivity index (χ3v) is 10.5. The van der Waals surface area contributed by atoms with Crippen molar-refractivity contribution in [2.45, 2.75) is 37.6 Å². The van der Waals surface area contributed by atoms with Gasteiger partial charge < -0.3 is 9.80 Å². The standard InChI is InChI=1S/C31H28ClF2N5O4S/c1-5-21(40)37-12-13-38-18(14-37)15-44(42,43)29-23-28(25(34)22(24(29)32)19-8-6-7-9-20(19)33)39(31(41)36-30(23)38)27-17(4)10-11-35-26(27)16(2)3/h5-11,16,18H,1,12-15H2,2-4H3. The van der Waals surface area contributed by atoms with Gasteiger partial charge in [-0.1, -0.05) is 50.2 Å². The highest BCUT2D eigenvalue weighted by atomic mass is 35.5. The molecule has 0 saturated carbocycles. The van der Waals surface area contributed by atoms with E-state index in [4.69, 9.17) is 11.6 Å². The molecular weight excluding hydrogens is 612 g/mol. The molecule has 13 heteroatoms. The Morgan fingerprint density at radius 1 is 1.18 bits per heavy atom. The second-order valence-corrected chi connectivity index (χ2v) is 13.6. The summed E-state index contributed by atoms with van der Waals surface area (Å²) in [7, 11) is -4.35. The summed E-state index contributed by atoms with van der Waals surface area (Å²) in [6.07, 6.45) is 2.71. The second kappa shape index (κ2) is 10.8. The number of hydrogen-bond donors (Lipinski definition) is 0. The molecule has 4 aromatic rings. The highest BCUT2D eigenvalue weighted by Crippen LogP contribution is 2.47. The van der Waals surface area contributed by atoms with E-state index in [2.05, 4.69) is 16.5 Å². The molecule has 2 aliphatic rings. The van der Waals surface area contributed by atoms with E-state index < -0.39 is 60.0 Å². The van der Waals surface area contributed by atoms with Crippen LogP contribution in [0.5, 0.6) is 0 Å². The van der Waals surface area contributed by atoms with Crippen molar-refractivity contribution in [3.8, 4) is 16.8 Å². The van der Waals surface area contributed by atoms with E-state index in [0.717, 1.165) is 16.7 Å². The molecule has 0 aliphatic carbocycles. The van der Waals surface area contributed by atoms with Crippen LogP contribution in [-0.2, 0) is 14.6 Å². The van der Waals surface area contributed by atoms with Crippen molar-refractivity contribution in [3.63, 3.8) is 0 Å². The smallest absolute Gasteiger partial charge is 0.348 e. The lowest BCUT2D eigenvalue weighted by Crippen LogP contribution is -2.57. The largest absolute Gasteiger partial charge is 0.354 e. The number of carbonyl (C=O) groups is 1. The molecule has 1 amide bonds. The third kappa shape index (κ3) is 4.50. The van der Waals surface area contributed by atoms with Gasteiger partial charge in [0.1, 0.15) is 11.6 Å². The van der Waals surface area contributed by atoms with E-state index in [0.29, 0.717) is 11.3 Å². The fraction of sp³-hybridized carbons (Fsp3) is 0.290. The van der Waals surface area contributed by atoms with Gasteiger partial charge >= 0.3 is 5.69 Å². The molecule has 1 unspecified atom stereocenters. The molecule has 2 aromatic carbocycles. The lowest BCUT2D eigenvalue weighted by molar-refractivity contribution is -0.126. The summed E-state index contributed by atoms with van der Waals surface area (Å²) in [5.41, 5.74) is -0.757. The third-order valence-electron chi connectivity index (χ3n) is 8.18. The maximum atomic E-state index is 17.2. The number of fused-ring (bicyclic) bond motifs is 2. The summed E-state index contributed by atoms with van der Waals surface area (Å²) in [6, 6.07) is 6.11. The Bertz CT molecular complexity index is 2060. The summed E-state index contributed by atoms with van der Waals surface area (Å²) in [4.78, 5) is 38.0. The number of benzene rings is 2. The van der Waals surface area contributed by atoms with E-state index in [1.54, 1.807) is 24.1 Å². The van der Waals surface area contributed by atoms with E-state index in [-0.39, 0.29) is 53.9 Å². The first-order valence-electron chi connectivity index (χ1n) is 14.0. The Labute approximate surface area is 257 Å². The number of hydrogen-bond acceptors (Lipinski definition) is 7. The van der Waals surface area contributed by atoms with Crippen molar-refractivity contribution in [1.82, 2.24) is 19.4 Å². The minimum Gasteiger partial charge on any atom is -0.348 e. The number of amides is 1. The molecule has 1 fully saturated rings.